The van der Waals surface area contributed by atoms with E-state index < -0.39 is 0 Å². The van der Waals surface area contributed by atoms with Gasteiger partial charge in [0.2, 0.25) is 0 Å². The van der Waals surface area contributed by atoms with Crippen molar-refractivity contribution in [2.24, 2.45) is 46.3 Å². The molecule has 4 rings (SSSR count). The maximum atomic E-state index is 10.2. The first kappa shape index (κ1) is 22.6. The van der Waals surface area contributed by atoms with Gasteiger partial charge >= 0.3 is 0 Å². The number of aliphatic hydroxyl groups excluding tert-OH is 1. The summed E-state index contributed by atoms with van der Waals surface area (Å²) in [6, 6.07) is 0. The molecule has 0 spiro atoms. The van der Waals surface area contributed by atoms with Crippen molar-refractivity contribution in [2.45, 2.75) is 111 Å². The molecule has 3 saturated carbocycles. The van der Waals surface area contributed by atoms with Gasteiger partial charge in [0, 0.05) is 0 Å². The molecule has 3 fully saturated rings. The molecule has 1 N–H and O–H groups in total. The first-order valence-corrected chi connectivity index (χ1v) is 13.3. The van der Waals surface area contributed by atoms with Gasteiger partial charge in [-0.3, -0.25) is 0 Å². The Kier molecular flexibility index (Phi) is 6.35. The predicted octanol–water partition coefficient (Wildman–Crippen LogP) is 7.94. The Hall–Kier alpha value is -0.560. The van der Waals surface area contributed by atoms with Gasteiger partial charge < -0.3 is 5.11 Å². The van der Waals surface area contributed by atoms with E-state index in [1.54, 1.807) is 11.1 Å². The van der Waals surface area contributed by atoms with Crippen LogP contribution in [0.25, 0.3) is 0 Å². The first-order valence-electron chi connectivity index (χ1n) is 13.3. The summed E-state index contributed by atoms with van der Waals surface area (Å²) >= 11 is 0. The topological polar surface area (TPSA) is 20.2 Å². The van der Waals surface area contributed by atoms with E-state index in [1.165, 1.54) is 57.8 Å². The van der Waals surface area contributed by atoms with Gasteiger partial charge in [-0.05, 0) is 111 Å². The van der Waals surface area contributed by atoms with Crippen LogP contribution in [0.3, 0.4) is 0 Å². The minimum absolute atomic E-state index is 0.0910. The quantitative estimate of drug-likeness (QED) is 0.439. The van der Waals surface area contributed by atoms with Crippen molar-refractivity contribution < 1.29 is 5.11 Å². The zero-order chi connectivity index (χ0) is 21.7. The Morgan fingerprint density at radius 1 is 1.13 bits per heavy atom. The highest BCUT2D eigenvalue weighted by Crippen LogP contribution is 2.67. The van der Waals surface area contributed by atoms with Gasteiger partial charge in [0.05, 0.1) is 6.10 Å². The molecule has 0 heterocycles. The van der Waals surface area contributed by atoms with Crippen LogP contribution in [-0.2, 0) is 0 Å². The molecule has 0 aromatic carbocycles. The van der Waals surface area contributed by atoms with Crippen LogP contribution in [0.2, 0.25) is 0 Å². The third kappa shape index (κ3) is 3.66. The van der Waals surface area contributed by atoms with E-state index >= 15 is 0 Å². The zero-order valence-corrected chi connectivity index (χ0v) is 20.6. The van der Waals surface area contributed by atoms with Gasteiger partial charge in [-0.2, -0.15) is 0 Å². The number of hydrogen-bond acceptors (Lipinski definition) is 1. The number of allylic oxidation sites excluding steroid dienone is 2. The molecular weight excluding hydrogens is 364 g/mol. The molecule has 0 radical (unpaired) electrons. The molecule has 0 bridgehead atoms. The van der Waals surface area contributed by atoms with E-state index in [9.17, 15) is 5.11 Å². The van der Waals surface area contributed by atoms with Crippen molar-refractivity contribution in [2.75, 3.05) is 0 Å². The van der Waals surface area contributed by atoms with Crippen molar-refractivity contribution in [1.29, 1.82) is 0 Å². The lowest BCUT2D eigenvalue weighted by atomic mass is 9.47. The van der Waals surface area contributed by atoms with E-state index in [-0.39, 0.29) is 6.10 Å². The average Bonchev–Trinajstić information content (AvgIpc) is 3.06. The normalized spacial score (nSPS) is 44.1. The van der Waals surface area contributed by atoms with Crippen LogP contribution in [0.4, 0.5) is 0 Å². The van der Waals surface area contributed by atoms with Crippen molar-refractivity contribution in [3.8, 4) is 0 Å². The highest BCUT2D eigenvalue weighted by molar-refractivity contribution is 5.26. The Morgan fingerprint density at radius 2 is 1.90 bits per heavy atom. The van der Waals surface area contributed by atoms with Crippen LogP contribution in [0.5, 0.6) is 0 Å². The average molecular weight is 413 g/mol. The number of fused-ring (bicyclic) bond motifs is 5. The molecule has 0 amide bonds. The van der Waals surface area contributed by atoms with Crippen molar-refractivity contribution >= 4 is 0 Å². The van der Waals surface area contributed by atoms with E-state index in [1.807, 2.05) is 0 Å². The molecule has 1 heteroatoms. The summed E-state index contributed by atoms with van der Waals surface area (Å²) in [7, 11) is 0. The van der Waals surface area contributed by atoms with Gasteiger partial charge in [0.15, 0.2) is 0 Å². The summed E-state index contributed by atoms with van der Waals surface area (Å²) in [4.78, 5) is 0. The summed E-state index contributed by atoms with van der Waals surface area (Å²) < 4.78 is 0. The summed E-state index contributed by atoms with van der Waals surface area (Å²) in [5.41, 5.74) is 4.03. The fraction of sp³-hybridized carbons (Fsp3) is 0.862. The Balaban J connectivity index is 1.48. The lowest BCUT2D eigenvalue weighted by molar-refractivity contribution is -0.0457. The fourth-order valence-electron chi connectivity index (χ4n) is 8.87. The molecule has 0 aliphatic heterocycles. The molecular formula is C29H48O. The zero-order valence-electron chi connectivity index (χ0n) is 20.6. The lowest BCUT2D eigenvalue weighted by Crippen LogP contribution is -2.50. The van der Waals surface area contributed by atoms with Crippen LogP contribution in [0.15, 0.2) is 23.8 Å². The molecule has 0 saturated heterocycles. The molecule has 1 nitrogen and oxygen atoms in total. The fourth-order valence-corrected chi connectivity index (χ4v) is 8.87. The molecule has 0 aromatic rings. The van der Waals surface area contributed by atoms with Gasteiger partial charge in [0.25, 0.3) is 0 Å². The predicted molar refractivity (Wildman–Crippen MR) is 128 cm³/mol. The van der Waals surface area contributed by atoms with Gasteiger partial charge in [-0.1, -0.05) is 64.8 Å². The number of rotatable bonds is 6. The van der Waals surface area contributed by atoms with E-state index in [4.69, 9.17) is 6.58 Å². The van der Waals surface area contributed by atoms with Gasteiger partial charge in [-0.25, -0.2) is 0 Å². The molecule has 30 heavy (non-hydrogen) atoms. The Labute approximate surface area is 186 Å². The molecule has 0 aromatic heterocycles. The van der Waals surface area contributed by atoms with Crippen molar-refractivity contribution in [3.63, 3.8) is 0 Å². The van der Waals surface area contributed by atoms with Gasteiger partial charge in [0.1, 0.15) is 0 Å². The summed E-state index contributed by atoms with van der Waals surface area (Å²) in [5.74, 6) is 4.99. The van der Waals surface area contributed by atoms with Crippen LogP contribution < -0.4 is 0 Å². The minimum Gasteiger partial charge on any atom is -0.393 e. The first-order chi connectivity index (χ1) is 14.2. The highest BCUT2D eigenvalue weighted by atomic mass is 16.3. The van der Waals surface area contributed by atoms with E-state index in [2.05, 4.69) is 40.7 Å². The van der Waals surface area contributed by atoms with Crippen molar-refractivity contribution in [1.82, 2.24) is 0 Å². The standard InChI is InChI=1S/C29H48O/c1-7-21(19(2)3)9-8-20(4)25-12-13-26-24-11-10-22-18-23(30)14-16-28(22,5)27(24)15-17-29(25,26)6/h10,19,21,23-27,30H,4,7-9,11-18H2,1-3,5-6H3/t21?,23-,24-,25+,26-,27-,28-,29+/m0/s1. The maximum absolute atomic E-state index is 10.2. The van der Waals surface area contributed by atoms with Crippen LogP contribution in [0.1, 0.15) is 105 Å². The second-order valence-electron chi connectivity index (χ2n) is 12.4. The third-order valence-corrected chi connectivity index (χ3v) is 10.9. The maximum Gasteiger partial charge on any atom is 0.0577 e. The third-order valence-electron chi connectivity index (χ3n) is 10.9. The largest absolute Gasteiger partial charge is 0.393 e. The van der Waals surface area contributed by atoms with Crippen molar-refractivity contribution in [3.05, 3.63) is 23.8 Å². The second-order valence-corrected chi connectivity index (χ2v) is 12.4. The Morgan fingerprint density at radius 3 is 2.60 bits per heavy atom. The smallest absolute Gasteiger partial charge is 0.0577 e. The SMILES string of the molecule is C=C(CCC(CC)C(C)C)[C@H]1CC[C@H]2[C@@H]3CC=C4C[C@@H](O)CC[C@]4(C)[C@H]3CC[C@]12C. The molecule has 8 atom stereocenters. The highest BCUT2D eigenvalue weighted by Gasteiger charge is 2.58. The van der Waals surface area contributed by atoms with Crippen LogP contribution in [-0.4, -0.2) is 11.2 Å². The van der Waals surface area contributed by atoms with E-state index in [0.717, 1.165) is 48.3 Å². The van der Waals surface area contributed by atoms with Crippen LogP contribution >= 0.6 is 0 Å². The summed E-state index contributed by atoms with van der Waals surface area (Å²) in [6.07, 6.45) is 16.4. The summed E-state index contributed by atoms with van der Waals surface area (Å²) in [6.45, 7) is 17.0. The minimum atomic E-state index is -0.0910. The van der Waals surface area contributed by atoms with Crippen LogP contribution in [0, 0.1) is 46.3 Å². The Bertz CT molecular complexity index is 674. The molecule has 4 aliphatic carbocycles. The molecule has 4 aliphatic rings. The number of aliphatic hydroxyl groups is 1. The summed E-state index contributed by atoms with van der Waals surface area (Å²) in [5, 5.41) is 10.2. The molecule has 170 valence electrons. The monoisotopic (exact) mass is 412 g/mol. The number of hydrogen-bond donors (Lipinski definition) is 1. The second kappa shape index (κ2) is 8.42. The van der Waals surface area contributed by atoms with Gasteiger partial charge in [-0.15, -0.1) is 0 Å². The van der Waals surface area contributed by atoms with E-state index in [0.29, 0.717) is 10.8 Å². The lowest BCUT2D eigenvalue weighted by Gasteiger charge is -2.58. The molecule has 1 unspecified atom stereocenters.